The molecule has 0 aliphatic rings. The van der Waals surface area contributed by atoms with Gasteiger partial charge in [-0.15, -0.1) is 6.58 Å². The van der Waals surface area contributed by atoms with E-state index in [9.17, 15) is 12.8 Å². The van der Waals surface area contributed by atoms with Crippen LogP contribution in [0.3, 0.4) is 0 Å². The van der Waals surface area contributed by atoms with Crippen molar-refractivity contribution in [3.05, 3.63) is 42.2 Å². The Labute approximate surface area is 81.6 Å². The minimum absolute atomic E-state index is 0.0573. The Bertz CT molecular complexity index is 451. The fraction of sp³-hybridized carbons (Fsp3) is 0.111. The van der Waals surface area contributed by atoms with Crippen LogP contribution in [-0.2, 0) is 16.5 Å². The maximum atomic E-state index is 13.1. The summed E-state index contributed by atoms with van der Waals surface area (Å²) in [5.41, 5.74) is -0.0648. The fourth-order valence-corrected chi connectivity index (χ4v) is 1.87. The molecular weight excluding hydrogens is 207 g/mol. The van der Waals surface area contributed by atoms with Crippen molar-refractivity contribution in [2.24, 2.45) is 0 Å². The zero-order valence-corrected chi connectivity index (χ0v) is 8.09. The summed E-state index contributed by atoms with van der Waals surface area (Å²) in [5.74, 6) is -0.667. The molecule has 0 fully saturated rings. The van der Waals surface area contributed by atoms with E-state index in [1.165, 1.54) is 12.1 Å². The van der Waals surface area contributed by atoms with Crippen LogP contribution >= 0.6 is 0 Å². The molecule has 1 rings (SSSR count). The molecule has 14 heavy (non-hydrogen) atoms. The average Bonchev–Trinajstić information content (AvgIpc) is 2.07. The van der Waals surface area contributed by atoms with E-state index >= 15 is 0 Å². The summed E-state index contributed by atoms with van der Waals surface area (Å²) in [7, 11) is -4.37. The summed E-state index contributed by atoms with van der Waals surface area (Å²) in [6, 6.07) is 3.51. The number of rotatable bonds is 3. The lowest BCUT2D eigenvalue weighted by molar-refractivity contribution is 0.480. The maximum Gasteiger partial charge on any atom is 0.294 e. The van der Waals surface area contributed by atoms with Crippen LogP contribution in [0.15, 0.2) is 35.7 Å². The lowest BCUT2D eigenvalue weighted by atomic mass is 10.1. The van der Waals surface area contributed by atoms with Crippen molar-refractivity contribution >= 4 is 10.1 Å². The van der Waals surface area contributed by atoms with Gasteiger partial charge in [-0.05, 0) is 18.6 Å². The highest BCUT2D eigenvalue weighted by molar-refractivity contribution is 7.85. The Morgan fingerprint density at radius 3 is 2.64 bits per heavy atom. The van der Waals surface area contributed by atoms with Gasteiger partial charge in [0.2, 0.25) is 0 Å². The Morgan fingerprint density at radius 1 is 1.50 bits per heavy atom. The third-order valence-corrected chi connectivity index (χ3v) is 2.64. The molecule has 0 aliphatic heterocycles. The molecule has 0 aliphatic carbocycles. The quantitative estimate of drug-likeness (QED) is 0.619. The van der Waals surface area contributed by atoms with Gasteiger partial charge in [0.05, 0.1) is 0 Å². The van der Waals surface area contributed by atoms with E-state index in [2.05, 4.69) is 6.58 Å². The van der Waals surface area contributed by atoms with Crippen LogP contribution < -0.4 is 0 Å². The van der Waals surface area contributed by atoms with Gasteiger partial charge in [-0.25, -0.2) is 4.39 Å². The molecule has 76 valence electrons. The van der Waals surface area contributed by atoms with E-state index in [1.807, 2.05) is 0 Å². The van der Waals surface area contributed by atoms with Gasteiger partial charge < -0.3 is 0 Å². The van der Waals surface area contributed by atoms with Crippen LogP contribution in [-0.4, -0.2) is 13.0 Å². The van der Waals surface area contributed by atoms with Crippen LogP contribution in [0.4, 0.5) is 4.39 Å². The van der Waals surface area contributed by atoms with Crippen LogP contribution in [0.2, 0.25) is 0 Å². The number of allylic oxidation sites excluding steroid dienone is 1. The van der Waals surface area contributed by atoms with E-state index < -0.39 is 20.8 Å². The molecule has 0 atom stereocenters. The Hall–Kier alpha value is -1.20. The van der Waals surface area contributed by atoms with Crippen LogP contribution in [0.5, 0.6) is 0 Å². The smallest absolute Gasteiger partial charge is 0.282 e. The largest absolute Gasteiger partial charge is 0.294 e. The van der Waals surface area contributed by atoms with Crippen LogP contribution in [0.25, 0.3) is 0 Å². The predicted octanol–water partition coefficient (Wildman–Crippen LogP) is 1.80. The number of benzene rings is 1. The first-order chi connectivity index (χ1) is 6.46. The third kappa shape index (κ3) is 2.18. The van der Waals surface area contributed by atoms with E-state index in [1.54, 1.807) is 0 Å². The van der Waals surface area contributed by atoms with Gasteiger partial charge in [-0.2, -0.15) is 8.42 Å². The van der Waals surface area contributed by atoms with Gasteiger partial charge in [0.25, 0.3) is 10.1 Å². The number of hydrogen-bond donors (Lipinski definition) is 1. The molecule has 5 heteroatoms. The topological polar surface area (TPSA) is 54.4 Å². The van der Waals surface area contributed by atoms with Crippen molar-refractivity contribution < 1.29 is 17.4 Å². The minimum atomic E-state index is -4.37. The molecule has 0 heterocycles. The second-order valence-electron chi connectivity index (χ2n) is 2.68. The highest BCUT2D eigenvalue weighted by Gasteiger charge is 2.17. The van der Waals surface area contributed by atoms with Crippen molar-refractivity contribution in [3.8, 4) is 0 Å². The monoisotopic (exact) mass is 216 g/mol. The first kappa shape index (κ1) is 10.9. The molecule has 0 amide bonds. The van der Waals surface area contributed by atoms with Crippen LogP contribution in [0.1, 0.15) is 5.56 Å². The van der Waals surface area contributed by atoms with E-state index in [0.717, 1.165) is 12.1 Å². The zero-order chi connectivity index (χ0) is 10.8. The summed E-state index contributed by atoms with van der Waals surface area (Å²) < 4.78 is 43.6. The van der Waals surface area contributed by atoms with E-state index in [0.29, 0.717) is 0 Å². The summed E-state index contributed by atoms with van der Waals surface area (Å²) in [6.45, 7) is 3.38. The van der Waals surface area contributed by atoms with Crippen LogP contribution in [0, 0.1) is 5.82 Å². The molecule has 0 saturated carbocycles. The lowest BCUT2D eigenvalue weighted by Gasteiger charge is -2.05. The first-order valence-corrected chi connectivity index (χ1v) is 5.26. The van der Waals surface area contributed by atoms with Crippen molar-refractivity contribution in [1.29, 1.82) is 0 Å². The van der Waals surface area contributed by atoms with Crippen molar-refractivity contribution in [1.82, 2.24) is 0 Å². The Balaban J connectivity index is 3.43. The lowest BCUT2D eigenvalue weighted by Crippen LogP contribution is -2.04. The number of hydrogen-bond acceptors (Lipinski definition) is 2. The summed E-state index contributed by atoms with van der Waals surface area (Å²) >= 11 is 0. The van der Waals surface area contributed by atoms with Gasteiger partial charge in [-0.3, -0.25) is 4.55 Å². The molecule has 0 radical (unpaired) electrons. The molecule has 0 spiro atoms. The molecular formula is C9H9FO3S. The second kappa shape index (κ2) is 3.89. The van der Waals surface area contributed by atoms with Gasteiger partial charge in [0, 0.05) is 5.56 Å². The zero-order valence-electron chi connectivity index (χ0n) is 7.27. The first-order valence-electron chi connectivity index (χ1n) is 3.82. The molecule has 3 nitrogen and oxygen atoms in total. The normalized spacial score (nSPS) is 11.3. The molecule has 1 aromatic rings. The second-order valence-corrected chi connectivity index (χ2v) is 4.07. The van der Waals surface area contributed by atoms with E-state index in [-0.39, 0.29) is 12.0 Å². The summed E-state index contributed by atoms with van der Waals surface area (Å²) in [5, 5.41) is 0. The van der Waals surface area contributed by atoms with E-state index in [4.69, 9.17) is 4.55 Å². The summed E-state index contributed by atoms with van der Waals surface area (Å²) in [4.78, 5) is -0.405. The molecule has 0 saturated heterocycles. The minimum Gasteiger partial charge on any atom is -0.282 e. The average molecular weight is 216 g/mol. The fourth-order valence-electron chi connectivity index (χ4n) is 1.12. The molecule has 1 N–H and O–H groups in total. The van der Waals surface area contributed by atoms with Gasteiger partial charge in [0.15, 0.2) is 0 Å². The Morgan fingerprint density at radius 2 is 2.14 bits per heavy atom. The van der Waals surface area contributed by atoms with Gasteiger partial charge >= 0.3 is 0 Å². The number of halogens is 1. The highest BCUT2D eigenvalue weighted by Crippen LogP contribution is 2.19. The molecule has 1 aromatic carbocycles. The standard InChI is InChI=1S/C9H9FO3S/c1-2-4-7-8(10)5-3-6-9(7)14(11,12)13/h2-3,5-6H,1,4H2,(H,11,12,13). The van der Waals surface area contributed by atoms with Crippen molar-refractivity contribution in [2.75, 3.05) is 0 Å². The third-order valence-electron chi connectivity index (χ3n) is 1.70. The molecule has 0 aromatic heterocycles. The molecule has 0 bridgehead atoms. The summed E-state index contributed by atoms with van der Waals surface area (Å²) in [6.07, 6.45) is 1.43. The van der Waals surface area contributed by atoms with Gasteiger partial charge in [-0.1, -0.05) is 12.1 Å². The van der Waals surface area contributed by atoms with Gasteiger partial charge in [0.1, 0.15) is 10.7 Å². The van der Waals surface area contributed by atoms with Crippen molar-refractivity contribution in [2.45, 2.75) is 11.3 Å². The Kier molecular flexibility index (Phi) is 3.03. The molecule has 0 unspecified atom stereocenters. The highest BCUT2D eigenvalue weighted by atomic mass is 32.2. The van der Waals surface area contributed by atoms with Crippen molar-refractivity contribution in [3.63, 3.8) is 0 Å². The maximum absolute atomic E-state index is 13.1. The SMILES string of the molecule is C=CCc1c(F)cccc1S(=O)(=O)O. The predicted molar refractivity (Wildman–Crippen MR) is 50.1 cm³/mol.